The van der Waals surface area contributed by atoms with Crippen molar-refractivity contribution in [1.82, 2.24) is 0 Å². The maximum atomic E-state index is 13.1. The molecule has 1 aromatic carbocycles. The minimum absolute atomic E-state index is 0.285. The van der Waals surface area contributed by atoms with E-state index in [1.807, 2.05) is 0 Å². The van der Waals surface area contributed by atoms with Crippen LogP contribution in [0.25, 0.3) is 0 Å². The number of aliphatic hydroxyl groups excluding tert-OH is 1. The van der Waals surface area contributed by atoms with E-state index in [9.17, 15) is 8.78 Å². The van der Waals surface area contributed by atoms with E-state index in [-0.39, 0.29) is 18.0 Å². The third-order valence-electron chi connectivity index (χ3n) is 2.03. The Kier molecular flexibility index (Phi) is 4.26. The van der Waals surface area contributed by atoms with Crippen LogP contribution in [0.15, 0.2) is 36.2 Å². The van der Waals surface area contributed by atoms with Gasteiger partial charge in [0, 0.05) is 0 Å². The van der Waals surface area contributed by atoms with Gasteiger partial charge in [-0.15, -0.1) is 0 Å². The van der Waals surface area contributed by atoms with Gasteiger partial charge in [-0.3, -0.25) is 0 Å². The van der Waals surface area contributed by atoms with E-state index in [0.717, 1.165) is 0 Å². The number of halogens is 2. The summed E-state index contributed by atoms with van der Waals surface area (Å²) in [7, 11) is 0. The smallest absolute Gasteiger partial charge is 0.126 e. The highest BCUT2D eigenvalue weighted by molar-refractivity contribution is 5.18. The summed E-state index contributed by atoms with van der Waals surface area (Å²) in [5, 5.41) is 8.67. The lowest BCUT2D eigenvalue weighted by molar-refractivity contribution is 0.323. The van der Waals surface area contributed by atoms with Crippen molar-refractivity contribution < 1.29 is 13.9 Å². The Morgan fingerprint density at radius 1 is 1.36 bits per heavy atom. The molecule has 0 saturated heterocycles. The molecule has 0 atom stereocenters. The fourth-order valence-corrected chi connectivity index (χ4v) is 1.16. The van der Waals surface area contributed by atoms with Crippen LogP contribution in [0, 0.1) is 5.82 Å². The monoisotopic (exact) mass is 198 g/mol. The molecule has 0 spiro atoms. The van der Waals surface area contributed by atoms with Gasteiger partial charge in [0.05, 0.1) is 12.9 Å². The maximum Gasteiger partial charge on any atom is 0.126 e. The average Bonchev–Trinajstić information content (AvgIpc) is 2.22. The fourth-order valence-electron chi connectivity index (χ4n) is 1.16. The van der Waals surface area contributed by atoms with Crippen LogP contribution in [0.3, 0.4) is 0 Å². The Morgan fingerprint density at radius 3 is 2.64 bits per heavy atom. The maximum absolute atomic E-state index is 13.1. The topological polar surface area (TPSA) is 20.2 Å². The van der Waals surface area contributed by atoms with Gasteiger partial charge in [0.15, 0.2) is 0 Å². The number of aliphatic hydroxyl groups is 1. The first-order valence-electron chi connectivity index (χ1n) is 4.40. The lowest BCUT2D eigenvalue weighted by Crippen LogP contribution is -1.95. The van der Waals surface area contributed by atoms with Crippen LogP contribution in [0.1, 0.15) is 12.0 Å². The molecule has 0 aliphatic carbocycles. The first-order valence-corrected chi connectivity index (χ1v) is 4.40. The molecular weight excluding hydrogens is 186 g/mol. The molecule has 0 aromatic heterocycles. The van der Waals surface area contributed by atoms with E-state index in [1.54, 1.807) is 18.2 Å². The number of hydrogen-bond donors (Lipinski definition) is 1. The van der Waals surface area contributed by atoms with Gasteiger partial charge >= 0.3 is 0 Å². The van der Waals surface area contributed by atoms with Crippen molar-refractivity contribution in [2.75, 3.05) is 6.61 Å². The standard InChI is InChI=1S/C11H12F2O/c12-7-9(8-14)5-6-10-3-1-2-4-11(10)13/h1-4,7,14H,5-6,8H2/b9-7+. The van der Waals surface area contributed by atoms with Crippen LogP contribution < -0.4 is 0 Å². The second kappa shape index (κ2) is 5.50. The average molecular weight is 198 g/mol. The van der Waals surface area contributed by atoms with Crippen LogP contribution >= 0.6 is 0 Å². The summed E-state index contributed by atoms with van der Waals surface area (Å²) in [6, 6.07) is 6.36. The minimum atomic E-state index is -0.315. The van der Waals surface area contributed by atoms with E-state index in [2.05, 4.69) is 0 Å². The first kappa shape index (κ1) is 10.9. The highest BCUT2D eigenvalue weighted by Gasteiger charge is 2.02. The summed E-state index contributed by atoms with van der Waals surface area (Å²) in [5.74, 6) is -0.288. The van der Waals surface area contributed by atoms with E-state index >= 15 is 0 Å². The van der Waals surface area contributed by atoms with Crippen LogP contribution in [0.5, 0.6) is 0 Å². The summed E-state index contributed by atoms with van der Waals surface area (Å²) >= 11 is 0. The van der Waals surface area contributed by atoms with Gasteiger partial charge in [0.25, 0.3) is 0 Å². The van der Waals surface area contributed by atoms with E-state index in [1.165, 1.54) is 6.07 Å². The molecule has 0 heterocycles. The van der Waals surface area contributed by atoms with Gasteiger partial charge in [0.1, 0.15) is 5.82 Å². The van der Waals surface area contributed by atoms with Crippen LogP contribution in [-0.4, -0.2) is 11.7 Å². The SMILES string of the molecule is OC/C(=C/F)CCc1ccccc1F. The number of rotatable bonds is 4. The van der Waals surface area contributed by atoms with Crippen molar-refractivity contribution in [3.05, 3.63) is 47.5 Å². The Morgan fingerprint density at radius 2 is 2.07 bits per heavy atom. The molecule has 0 unspecified atom stereocenters. The Bertz CT molecular complexity index is 321. The number of aryl methyl sites for hydroxylation is 1. The van der Waals surface area contributed by atoms with Gasteiger partial charge < -0.3 is 5.11 Å². The zero-order chi connectivity index (χ0) is 10.4. The number of benzene rings is 1. The summed E-state index contributed by atoms with van der Waals surface area (Å²) in [4.78, 5) is 0. The molecule has 1 nitrogen and oxygen atoms in total. The highest BCUT2D eigenvalue weighted by atomic mass is 19.1. The molecule has 1 rings (SSSR count). The van der Waals surface area contributed by atoms with E-state index < -0.39 is 0 Å². The van der Waals surface area contributed by atoms with Gasteiger partial charge in [0.2, 0.25) is 0 Å². The molecular formula is C11H12F2O. The van der Waals surface area contributed by atoms with Crippen molar-refractivity contribution in [2.24, 2.45) is 0 Å². The lowest BCUT2D eigenvalue weighted by Gasteiger charge is -2.03. The fraction of sp³-hybridized carbons (Fsp3) is 0.273. The van der Waals surface area contributed by atoms with Crippen molar-refractivity contribution in [3.8, 4) is 0 Å². The van der Waals surface area contributed by atoms with Crippen molar-refractivity contribution in [1.29, 1.82) is 0 Å². The first-order chi connectivity index (χ1) is 6.77. The molecule has 14 heavy (non-hydrogen) atoms. The zero-order valence-electron chi connectivity index (χ0n) is 7.71. The predicted molar refractivity (Wildman–Crippen MR) is 51.0 cm³/mol. The Balaban J connectivity index is 2.58. The van der Waals surface area contributed by atoms with Gasteiger partial charge in [-0.1, -0.05) is 18.2 Å². The second-order valence-electron chi connectivity index (χ2n) is 3.02. The molecule has 0 saturated carbocycles. The molecule has 0 amide bonds. The predicted octanol–water partition coefficient (Wildman–Crippen LogP) is 2.60. The van der Waals surface area contributed by atoms with Crippen LogP contribution in [0.4, 0.5) is 8.78 Å². The van der Waals surface area contributed by atoms with E-state index in [4.69, 9.17) is 5.11 Å². The molecule has 1 aromatic rings. The van der Waals surface area contributed by atoms with E-state index in [0.29, 0.717) is 24.7 Å². The molecule has 0 aliphatic heterocycles. The summed E-state index contributed by atoms with van der Waals surface area (Å²) in [5.41, 5.74) is 0.827. The molecule has 0 fully saturated rings. The number of hydrogen-bond acceptors (Lipinski definition) is 1. The lowest BCUT2D eigenvalue weighted by atomic mass is 10.1. The minimum Gasteiger partial charge on any atom is -0.392 e. The molecule has 0 radical (unpaired) electrons. The van der Waals surface area contributed by atoms with Gasteiger partial charge in [-0.25, -0.2) is 8.78 Å². The third-order valence-corrected chi connectivity index (χ3v) is 2.03. The van der Waals surface area contributed by atoms with Gasteiger partial charge in [-0.2, -0.15) is 0 Å². The molecule has 0 bridgehead atoms. The molecule has 76 valence electrons. The van der Waals surface area contributed by atoms with Crippen LogP contribution in [-0.2, 0) is 6.42 Å². The van der Waals surface area contributed by atoms with Crippen molar-refractivity contribution in [3.63, 3.8) is 0 Å². The normalized spacial score (nSPS) is 11.8. The summed E-state index contributed by atoms with van der Waals surface area (Å²) < 4.78 is 25.1. The molecule has 1 N–H and O–H groups in total. The van der Waals surface area contributed by atoms with Crippen molar-refractivity contribution >= 4 is 0 Å². The molecule has 3 heteroatoms. The Labute approximate surface area is 81.7 Å². The molecule has 0 aliphatic rings. The van der Waals surface area contributed by atoms with Gasteiger partial charge in [-0.05, 0) is 30.0 Å². The Hall–Kier alpha value is -1.22. The highest BCUT2D eigenvalue weighted by Crippen LogP contribution is 2.12. The quantitative estimate of drug-likeness (QED) is 0.788. The van der Waals surface area contributed by atoms with Crippen molar-refractivity contribution in [2.45, 2.75) is 12.8 Å². The zero-order valence-corrected chi connectivity index (χ0v) is 7.71. The largest absolute Gasteiger partial charge is 0.392 e. The second-order valence-corrected chi connectivity index (χ2v) is 3.02. The third kappa shape index (κ3) is 2.92. The summed E-state index contributed by atoms with van der Waals surface area (Å²) in [6.07, 6.45) is 1.12. The summed E-state index contributed by atoms with van der Waals surface area (Å²) in [6.45, 7) is -0.315. The van der Waals surface area contributed by atoms with Crippen LogP contribution in [0.2, 0.25) is 0 Å².